The minimum Gasteiger partial charge on any atom is -0.481 e. The molecular weight excluding hydrogens is 220 g/mol. The fourth-order valence-electron chi connectivity index (χ4n) is 2.19. The van der Waals surface area contributed by atoms with Gasteiger partial charge in [0.15, 0.2) is 0 Å². The van der Waals surface area contributed by atoms with Crippen LogP contribution >= 0.6 is 0 Å². The first-order valence-electron chi connectivity index (χ1n) is 5.80. The molecule has 1 aromatic heterocycles. The Morgan fingerprint density at radius 3 is 2.88 bits per heavy atom. The summed E-state index contributed by atoms with van der Waals surface area (Å²) in [4.78, 5) is 24.6. The first-order chi connectivity index (χ1) is 8.13. The third-order valence-corrected chi connectivity index (χ3v) is 3.21. The third-order valence-electron chi connectivity index (χ3n) is 3.21. The number of rotatable bonds is 3. The normalized spacial score (nSPS) is 19.6. The molecule has 1 N–H and O–H groups in total. The summed E-state index contributed by atoms with van der Waals surface area (Å²) in [6.07, 6.45) is 2.41. The molecule has 1 aliphatic rings. The van der Waals surface area contributed by atoms with Gasteiger partial charge in [-0.2, -0.15) is 0 Å². The van der Waals surface area contributed by atoms with Crippen LogP contribution in [0.1, 0.15) is 23.8 Å². The Balaban J connectivity index is 2.09. The molecule has 0 spiro atoms. The van der Waals surface area contributed by atoms with Gasteiger partial charge >= 0.3 is 5.97 Å². The molecule has 2 rings (SSSR count). The molecule has 0 saturated carbocycles. The lowest BCUT2D eigenvalue weighted by Gasteiger charge is -2.16. The highest BCUT2D eigenvalue weighted by molar-refractivity contribution is 5.93. The van der Waals surface area contributed by atoms with Gasteiger partial charge in [-0.25, -0.2) is 0 Å². The molecule has 5 heteroatoms. The highest BCUT2D eigenvalue weighted by Crippen LogP contribution is 2.19. The van der Waals surface area contributed by atoms with Crippen LogP contribution in [0.3, 0.4) is 0 Å². The maximum atomic E-state index is 12.2. The van der Waals surface area contributed by atoms with Gasteiger partial charge in [0.1, 0.15) is 5.69 Å². The van der Waals surface area contributed by atoms with Crippen molar-refractivity contribution in [2.75, 3.05) is 13.1 Å². The Bertz CT molecular complexity index is 439. The van der Waals surface area contributed by atoms with Crippen molar-refractivity contribution in [1.82, 2.24) is 9.47 Å². The number of hydrogen-bond acceptors (Lipinski definition) is 2. The van der Waals surface area contributed by atoms with Crippen LogP contribution in [0, 0.1) is 5.92 Å². The molecule has 0 bridgehead atoms. The summed E-state index contributed by atoms with van der Waals surface area (Å²) < 4.78 is 1.87. The molecule has 1 aromatic rings. The van der Waals surface area contributed by atoms with Gasteiger partial charge in [0.2, 0.25) is 0 Å². The van der Waals surface area contributed by atoms with Crippen molar-refractivity contribution in [3.63, 3.8) is 0 Å². The van der Waals surface area contributed by atoms with Crippen LogP contribution in [-0.4, -0.2) is 39.5 Å². The number of hydrogen-bond donors (Lipinski definition) is 1. The fraction of sp³-hybridized carbons (Fsp3) is 0.500. The Kier molecular flexibility index (Phi) is 3.17. The smallest absolute Gasteiger partial charge is 0.308 e. The lowest BCUT2D eigenvalue weighted by molar-refractivity contribution is -0.141. The van der Waals surface area contributed by atoms with E-state index in [2.05, 4.69) is 0 Å². The first-order valence-corrected chi connectivity index (χ1v) is 5.80. The molecule has 1 unspecified atom stereocenters. The van der Waals surface area contributed by atoms with Crippen molar-refractivity contribution in [2.45, 2.75) is 19.9 Å². The van der Waals surface area contributed by atoms with Gasteiger partial charge in [-0.1, -0.05) is 0 Å². The predicted molar refractivity (Wildman–Crippen MR) is 61.8 cm³/mol. The Hall–Kier alpha value is -1.78. The Labute approximate surface area is 99.6 Å². The van der Waals surface area contributed by atoms with Crippen molar-refractivity contribution in [3.05, 3.63) is 24.0 Å². The van der Waals surface area contributed by atoms with E-state index in [0.29, 0.717) is 25.2 Å². The maximum absolute atomic E-state index is 12.2. The zero-order chi connectivity index (χ0) is 12.4. The van der Waals surface area contributed by atoms with E-state index < -0.39 is 11.9 Å². The van der Waals surface area contributed by atoms with E-state index in [0.717, 1.165) is 6.54 Å². The second-order valence-electron chi connectivity index (χ2n) is 4.25. The maximum Gasteiger partial charge on any atom is 0.308 e. The summed E-state index contributed by atoms with van der Waals surface area (Å²) in [5, 5.41) is 8.90. The number of carbonyl (C=O) groups is 2. The molecule has 0 radical (unpaired) electrons. The number of aromatic nitrogens is 1. The second-order valence-corrected chi connectivity index (χ2v) is 4.25. The molecule has 1 fully saturated rings. The van der Waals surface area contributed by atoms with Gasteiger partial charge < -0.3 is 14.6 Å². The summed E-state index contributed by atoms with van der Waals surface area (Å²) >= 11 is 0. The number of aliphatic carboxylic acids is 1. The van der Waals surface area contributed by atoms with Gasteiger partial charge in [0.25, 0.3) is 5.91 Å². The molecule has 2 heterocycles. The first kappa shape index (κ1) is 11.7. The van der Waals surface area contributed by atoms with Crippen LogP contribution in [0.25, 0.3) is 0 Å². The predicted octanol–water partition coefficient (Wildman–Crippen LogP) is 1.05. The zero-order valence-electron chi connectivity index (χ0n) is 9.80. The number of carbonyl (C=O) groups excluding carboxylic acids is 1. The SMILES string of the molecule is CCn1cccc1C(=O)N1CCC(C(=O)O)C1. The minimum atomic E-state index is -0.814. The largest absolute Gasteiger partial charge is 0.481 e. The van der Waals surface area contributed by atoms with Gasteiger partial charge in [0.05, 0.1) is 5.92 Å². The van der Waals surface area contributed by atoms with E-state index >= 15 is 0 Å². The van der Waals surface area contributed by atoms with E-state index in [1.54, 1.807) is 11.0 Å². The van der Waals surface area contributed by atoms with Gasteiger partial charge in [-0.15, -0.1) is 0 Å². The van der Waals surface area contributed by atoms with E-state index in [-0.39, 0.29) is 5.91 Å². The molecule has 1 aliphatic heterocycles. The molecule has 0 aliphatic carbocycles. The van der Waals surface area contributed by atoms with Crippen LogP contribution in [0.15, 0.2) is 18.3 Å². The third kappa shape index (κ3) is 2.18. The number of aryl methyl sites for hydroxylation is 1. The van der Waals surface area contributed by atoms with Gasteiger partial charge in [0, 0.05) is 25.8 Å². The van der Waals surface area contributed by atoms with E-state index in [1.165, 1.54) is 0 Å². The van der Waals surface area contributed by atoms with Crippen LogP contribution in [0.5, 0.6) is 0 Å². The lowest BCUT2D eigenvalue weighted by atomic mass is 10.1. The Morgan fingerprint density at radius 2 is 2.29 bits per heavy atom. The monoisotopic (exact) mass is 236 g/mol. The number of likely N-dealkylation sites (tertiary alicyclic amines) is 1. The molecule has 92 valence electrons. The van der Waals surface area contributed by atoms with Crippen molar-refractivity contribution in [1.29, 1.82) is 0 Å². The molecule has 0 aromatic carbocycles. The van der Waals surface area contributed by atoms with Crippen LogP contribution in [-0.2, 0) is 11.3 Å². The van der Waals surface area contributed by atoms with Crippen molar-refractivity contribution >= 4 is 11.9 Å². The van der Waals surface area contributed by atoms with E-state index in [4.69, 9.17) is 5.11 Å². The molecule has 5 nitrogen and oxygen atoms in total. The summed E-state index contributed by atoms with van der Waals surface area (Å²) in [5.41, 5.74) is 0.638. The van der Waals surface area contributed by atoms with Gasteiger partial charge in [-0.3, -0.25) is 9.59 Å². The summed E-state index contributed by atoms with van der Waals surface area (Å²) in [6, 6.07) is 3.61. The molecular formula is C12H16N2O3. The molecule has 17 heavy (non-hydrogen) atoms. The second kappa shape index (κ2) is 4.61. The quantitative estimate of drug-likeness (QED) is 0.853. The minimum absolute atomic E-state index is 0.0689. The molecule has 1 saturated heterocycles. The van der Waals surface area contributed by atoms with Crippen LogP contribution < -0.4 is 0 Å². The zero-order valence-corrected chi connectivity index (χ0v) is 9.80. The van der Waals surface area contributed by atoms with E-state index in [1.807, 2.05) is 23.8 Å². The number of carboxylic acids is 1. The average Bonchev–Trinajstić information content (AvgIpc) is 2.96. The topological polar surface area (TPSA) is 62.5 Å². The van der Waals surface area contributed by atoms with Crippen molar-refractivity contribution in [3.8, 4) is 0 Å². The van der Waals surface area contributed by atoms with Crippen LogP contribution in [0.4, 0.5) is 0 Å². The summed E-state index contributed by atoms with van der Waals surface area (Å²) in [6.45, 7) is 3.57. The highest BCUT2D eigenvalue weighted by atomic mass is 16.4. The summed E-state index contributed by atoms with van der Waals surface area (Å²) in [7, 11) is 0. The Morgan fingerprint density at radius 1 is 1.53 bits per heavy atom. The molecule has 1 atom stereocenters. The fourth-order valence-corrected chi connectivity index (χ4v) is 2.19. The van der Waals surface area contributed by atoms with E-state index in [9.17, 15) is 9.59 Å². The van der Waals surface area contributed by atoms with Gasteiger partial charge in [-0.05, 0) is 25.5 Å². The lowest BCUT2D eigenvalue weighted by Crippen LogP contribution is -2.31. The standard InChI is InChI=1S/C12H16N2O3/c1-2-13-6-3-4-10(13)11(15)14-7-5-9(8-14)12(16)17/h3-4,6,9H,2,5,7-8H2,1H3,(H,16,17). The number of amides is 1. The number of carboxylic acid groups (broad SMARTS) is 1. The molecule has 1 amide bonds. The van der Waals surface area contributed by atoms with Crippen LogP contribution in [0.2, 0.25) is 0 Å². The number of nitrogens with zero attached hydrogens (tertiary/aromatic N) is 2. The summed E-state index contributed by atoms with van der Waals surface area (Å²) in [5.74, 6) is -1.30. The van der Waals surface area contributed by atoms with Crippen molar-refractivity contribution < 1.29 is 14.7 Å². The van der Waals surface area contributed by atoms with Crippen molar-refractivity contribution in [2.24, 2.45) is 5.92 Å². The average molecular weight is 236 g/mol. The highest BCUT2D eigenvalue weighted by Gasteiger charge is 2.31.